The number of fused-ring (bicyclic) bond motifs is 1. The summed E-state index contributed by atoms with van der Waals surface area (Å²) in [6.07, 6.45) is 0.435. The number of nitrogens with zero attached hydrogens (tertiary/aromatic N) is 1. The van der Waals surface area contributed by atoms with Gasteiger partial charge < -0.3 is 15.3 Å². The number of carbonyl (C=O) groups is 3. The molecule has 2 amide bonds. The molecule has 2 aromatic carbocycles. The van der Waals surface area contributed by atoms with Gasteiger partial charge in [0.05, 0.1) is 5.92 Å². The number of benzene rings is 2. The topological polar surface area (TPSA) is 86.7 Å². The predicted molar refractivity (Wildman–Crippen MR) is 96.8 cm³/mol. The number of carbonyl (C=O) groups excluding carboxylic acids is 2. The van der Waals surface area contributed by atoms with Crippen molar-refractivity contribution in [2.45, 2.75) is 19.9 Å². The van der Waals surface area contributed by atoms with Crippen LogP contribution < -0.4 is 5.32 Å². The number of rotatable bonds is 6. The number of anilines is 1. The first-order valence-corrected chi connectivity index (χ1v) is 8.43. The van der Waals surface area contributed by atoms with Crippen molar-refractivity contribution in [2.24, 2.45) is 5.92 Å². The Labute approximate surface area is 151 Å². The van der Waals surface area contributed by atoms with Crippen LogP contribution >= 0.6 is 0 Å². The summed E-state index contributed by atoms with van der Waals surface area (Å²) in [6, 6.07) is 14.4. The summed E-state index contributed by atoms with van der Waals surface area (Å²) in [6.45, 7) is 2.09. The Morgan fingerprint density at radius 1 is 1.15 bits per heavy atom. The van der Waals surface area contributed by atoms with E-state index >= 15 is 0 Å². The van der Waals surface area contributed by atoms with E-state index in [2.05, 4.69) is 5.32 Å². The molecule has 0 radical (unpaired) electrons. The molecule has 2 aromatic rings. The normalized spacial score (nSPS) is 14.0. The number of carboxylic acid groups (broad SMARTS) is 1. The van der Waals surface area contributed by atoms with Crippen LogP contribution in [0.4, 0.5) is 5.69 Å². The van der Waals surface area contributed by atoms with E-state index in [1.807, 2.05) is 18.2 Å². The highest BCUT2D eigenvalue weighted by Crippen LogP contribution is 2.22. The average Bonchev–Trinajstić information content (AvgIpc) is 2.92. The third-order valence-corrected chi connectivity index (χ3v) is 4.43. The van der Waals surface area contributed by atoms with Crippen molar-refractivity contribution < 1.29 is 19.5 Å². The average molecular weight is 352 g/mol. The van der Waals surface area contributed by atoms with E-state index < -0.39 is 11.9 Å². The number of nitrogens with one attached hydrogen (secondary N) is 1. The molecule has 0 fully saturated rings. The minimum atomic E-state index is -0.835. The molecule has 3 rings (SSSR count). The number of hydrogen-bond donors (Lipinski definition) is 2. The molecular formula is C20H20N2O4. The van der Waals surface area contributed by atoms with Gasteiger partial charge in [0.2, 0.25) is 5.91 Å². The molecule has 6 heteroatoms. The fraction of sp³-hybridized carbons (Fsp3) is 0.250. The molecule has 0 aromatic heterocycles. The minimum Gasteiger partial charge on any atom is -0.481 e. The van der Waals surface area contributed by atoms with E-state index in [0.717, 1.165) is 11.1 Å². The molecule has 1 heterocycles. The van der Waals surface area contributed by atoms with E-state index in [1.165, 1.54) is 4.90 Å². The number of amides is 2. The van der Waals surface area contributed by atoms with E-state index in [-0.39, 0.29) is 18.4 Å². The van der Waals surface area contributed by atoms with Crippen molar-refractivity contribution in [2.75, 3.05) is 11.9 Å². The highest BCUT2D eigenvalue weighted by Gasteiger charge is 2.28. The molecule has 134 valence electrons. The highest BCUT2D eigenvalue weighted by molar-refractivity contribution is 6.02. The first kappa shape index (κ1) is 17.7. The lowest BCUT2D eigenvalue weighted by molar-refractivity contribution is -0.141. The SMILES string of the molecule is CC(Cc1ccc(NC(=O)CN2Cc3ccccc3C2=O)cc1)C(=O)O. The molecule has 0 aliphatic carbocycles. The van der Waals surface area contributed by atoms with Gasteiger partial charge in [-0.15, -0.1) is 0 Å². The zero-order valence-corrected chi connectivity index (χ0v) is 14.4. The van der Waals surface area contributed by atoms with Gasteiger partial charge in [-0.1, -0.05) is 37.3 Å². The summed E-state index contributed by atoms with van der Waals surface area (Å²) in [5.74, 6) is -1.69. The minimum absolute atomic E-state index is 0.00862. The monoisotopic (exact) mass is 352 g/mol. The van der Waals surface area contributed by atoms with Gasteiger partial charge >= 0.3 is 5.97 Å². The van der Waals surface area contributed by atoms with Crippen LogP contribution in [0.5, 0.6) is 0 Å². The molecule has 0 bridgehead atoms. The molecule has 0 saturated heterocycles. The summed E-state index contributed by atoms with van der Waals surface area (Å²) < 4.78 is 0. The fourth-order valence-corrected chi connectivity index (χ4v) is 2.98. The first-order chi connectivity index (χ1) is 12.4. The van der Waals surface area contributed by atoms with Crippen LogP contribution in [0.15, 0.2) is 48.5 Å². The van der Waals surface area contributed by atoms with Gasteiger partial charge in [-0.3, -0.25) is 14.4 Å². The smallest absolute Gasteiger partial charge is 0.306 e. The molecular weight excluding hydrogens is 332 g/mol. The largest absolute Gasteiger partial charge is 0.481 e. The van der Waals surface area contributed by atoms with Gasteiger partial charge in [0, 0.05) is 17.8 Å². The van der Waals surface area contributed by atoms with Gasteiger partial charge in [0.1, 0.15) is 6.54 Å². The Hall–Kier alpha value is -3.15. The number of aliphatic carboxylic acids is 1. The van der Waals surface area contributed by atoms with Crippen molar-refractivity contribution in [1.82, 2.24) is 4.90 Å². The molecule has 2 N–H and O–H groups in total. The third kappa shape index (κ3) is 3.91. The predicted octanol–water partition coefficient (Wildman–Crippen LogP) is 2.54. The second kappa shape index (κ2) is 7.39. The van der Waals surface area contributed by atoms with Crippen molar-refractivity contribution >= 4 is 23.5 Å². The van der Waals surface area contributed by atoms with Gasteiger partial charge in [-0.2, -0.15) is 0 Å². The van der Waals surface area contributed by atoms with E-state index in [0.29, 0.717) is 24.2 Å². The van der Waals surface area contributed by atoms with Gasteiger partial charge in [-0.25, -0.2) is 0 Å². The number of carboxylic acids is 1. The van der Waals surface area contributed by atoms with Gasteiger partial charge in [-0.05, 0) is 35.7 Å². The second-order valence-corrected chi connectivity index (χ2v) is 6.51. The van der Waals surface area contributed by atoms with E-state index in [4.69, 9.17) is 5.11 Å². The van der Waals surface area contributed by atoms with Crippen LogP contribution in [0.1, 0.15) is 28.4 Å². The zero-order chi connectivity index (χ0) is 18.7. The summed E-state index contributed by atoms with van der Waals surface area (Å²) in [5.41, 5.74) is 3.09. The molecule has 1 aliphatic rings. The van der Waals surface area contributed by atoms with E-state index in [1.54, 1.807) is 37.3 Å². The van der Waals surface area contributed by atoms with Crippen molar-refractivity contribution in [3.8, 4) is 0 Å². The van der Waals surface area contributed by atoms with Crippen molar-refractivity contribution in [1.29, 1.82) is 0 Å². The fourth-order valence-electron chi connectivity index (χ4n) is 2.98. The molecule has 0 saturated carbocycles. The van der Waals surface area contributed by atoms with Crippen LogP contribution in [0.3, 0.4) is 0 Å². The van der Waals surface area contributed by atoms with Gasteiger partial charge in [0.15, 0.2) is 0 Å². The molecule has 1 unspecified atom stereocenters. The Morgan fingerprint density at radius 3 is 2.50 bits per heavy atom. The summed E-state index contributed by atoms with van der Waals surface area (Å²) >= 11 is 0. The second-order valence-electron chi connectivity index (χ2n) is 6.51. The lowest BCUT2D eigenvalue weighted by Crippen LogP contribution is -2.33. The summed E-state index contributed by atoms with van der Waals surface area (Å²) in [4.78, 5) is 36.9. The summed E-state index contributed by atoms with van der Waals surface area (Å²) in [5, 5.41) is 11.7. The van der Waals surface area contributed by atoms with Crippen LogP contribution in [0, 0.1) is 5.92 Å². The standard InChI is InChI=1S/C20H20N2O4/c1-13(20(25)26)10-14-6-8-16(9-7-14)21-18(23)12-22-11-15-4-2-3-5-17(15)19(22)24/h2-9,13H,10-12H2,1H3,(H,21,23)(H,25,26). The molecule has 1 atom stereocenters. The van der Waals surface area contributed by atoms with Crippen molar-refractivity contribution in [3.05, 3.63) is 65.2 Å². The maximum absolute atomic E-state index is 12.3. The maximum Gasteiger partial charge on any atom is 0.306 e. The first-order valence-electron chi connectivity index (χ1n) is 8.43. The Kier molecular flexibility index (Phi) is 5.02. The Bertz CT molecular complexity index is 845. The highest BCUT2D eigenvalue weighted by atomic mass is 16.4. The number of hydrogen-bond acceptors (Lipinski definition) is 3. The Balaban J connectivity index is 1.56. The van der Waals surface area contributed by atoms with Crippen LogP contribution in [-0.2, 0) is 22.6 Å². The van der Waals surface area contributed by atoms with Crippen LogP contribution in [0.2, 0.25) is 0 Å². The van der Waals surface area contributed by atoms with Gasteiger partial charge in [0.25, 0.3) is 5.91 Å². The molecule has 6 nitrogen and oxygen atoms in total. The third-order valence-electron chi connectivity index (χ3n) is 4.43. The lowest BCUT2D eigenvalue weighted by atomic mass is 10.0. The molecule has 1 aliphatic heterocycles. The Morgan fingerprint density at radius 2 is 1.85 bits per heavy atom. The lowest BCUT2D eigenvalue weighted by Gasteiger charge is -2.15. The maximum atomic E-state index is 12.3. The van der Waals surface area contributed by atoms with Crippen molar-refractivity contribution in [3.63, 3.8) is 0 Å². The zero-order valence-electron chi connectivity index (χ0n) is 14.4. The summed E-state index contributed by atoms with van der Waals surface area (Å²) in [7, 11) is 0. The van der Waals surface area contributed by atoms with Crippen LogP contribution in [-0.4, -0.2) is 34.3 Å². The molecule has 0 spiro atoms. The molecule has 26 heavy (non-hydrogen) atoms. The quantitative estimate of drug-likeness (QED) is 0.836. The van der Waals surface area contributed by atoms with E-state index in [9.17, 15) is 14.4 Å². The van der Waals surface area contributed by atoms with Crippen LogP contribution in [0.25, 0.3) is 0 Å².